The van der Waals surface area contributed by atoms with Crippen molar-refractivity contribution in [2.75, 3.05) is 0 Å². The molecule has 0 bridgehead atoms. The highest BCUT2D eigenvalue weighted by atomic mass is 16.1. The van der Waals surface area contributed by atoms with Crippen molar-refractivity contribution in [3.05, 3.63) is 11.6 Å². The molecule has 1 saturated carbocycles. The van der Waals surface area contributed by atoms with E-state index in [1.807, 2.05) is 0 Å². The van der Waals surface area contributed by atoms with Gasteiger partial charge in [0.1, 0.15) is 5.78 Å². The van der Waals surface area contributed by atoms with Crippen LogP contribution >= 0.6 is 0 Å². The van der Waals surface area contributed by atoms with Crippen molar-refractivity contribution < 1.29 is 4.79 Å². The molecule has 15 heavy (non-hydrogen) atoms. The van der Waals surface area contributed by atoms with Gasteiger partial charge in [0, 0.05) is 5.92 Å². The van der Waals surface area contributed by atoms with Gasteiger partial charge in [-0.25, -0.2) is 0 Å². The molecule has 2 rings (SSSR count). The third-order valence-electron chi connectivity index (χ3n) is 4.50. The number of allylic oxidation sites excluding steroid dienone is 2. The Labute approximate surface area is 92.9 Å². The number of carbonyl (C=O) groups is 1. The van der Waals surface area contributed by atoms with Gasteiger partial charge in [-0.15, -0.1) is 0 Å². The minimum absolute atomic E-state index is 0.216. The molecule has 0 saturated heterocycles. The van der Waals surface area contributed by atoms with Gasteiger partial charge >= 0.3 is 0 Å². The molecular weight excluding hydrogens is 184 g/mol. The van der Waals surface area contributed by atoms with Gasteiger partial charge in [0.05, 0.1) is 0 Å². The third kappa shape index (κ3) is 1.89. The van der Waals surface area contributed by atoms with Gasteiger partial charge in [0.2, 0.25) is 0 Å². The molecule has 0 aromatic heterocycles. The van der Waals surface area contributed by atoms with Crippen LogP contribution in [0.1, 0.15) is 52.9 Å². The van der Waals surface area contributed by atoms with Crippen LogP contribution in [0.15, 0.2) is 11.6 Å². The smallest absolute Gasteiger partial charge is 0.136 e. The zero-order valence-electron chi connectivity index (χ0n) is 10.2. The molecular formula is C14H22O. The van der Waals surface area contributed by atoms with Crippen molar-refractivity contribution in [3.63, 3.8) is 0 Å². The van der Waals surface area contributed by atoms with Gasteiger partial charge in [-0.05, 0) is 43.9 Å². The summed E-state index contributed by atoms with van der Waals surface area (Å²) in [7, 11) is 0. The number of hydrogen-bond donors (Lipinski definition) is 0. The highest BCUT2D eigenvalue weighted by Gasteiger charge is 2.39. The maximum absolute atomic E-state index is 11.4. The molecule has 84 valence electrons. The van der Waals surface area contributed by atoms with E-state index in [1.165, 1.54) is 25.7 Å². The molecule has 0 amide bonds. The molecule has 0 radical (unpaired) electrons. The topological polar surface area (TPSA) is 17.1 Å². The predicted octanol–water partition coefficient (Wildman–Crippen LogP) is 3.74. The Kier molecular flexibility index (Phi) is 2.74. The van der Waals surface area contributed by atoms with Crippen LogP contribution in [0.25, 0.3) is 0 Å². The largest absolute Gasteiger partial charge is 0.299 e. The zero-order chi connectivity index (χ0) is 11.1. The maximum atomic E-state index is 11.4. The third-order valence-corrected chi connectivity index (χ3v) is 4.50. The molecule has 0 aromatic carbocycles. The Morgan fingerprint density at radius 2 is 2.13 bits per heavy atom. The van der Waals surface area contributed by atoms with Crippen LogP contribution in [0.3, 0.4) is 0 Å². The molecule has 0 N–H and O–H groups in total. The highest BCUT2D eigenvalue weighted by Crippen LogP contribution is 2.50. The van der Waals surface area contributed by atoms with E-state index in [-0.39, 0.29) is 5.92 Å². The minimum Gasteiger partial charge on any atom is -0.299 e. The van der Waals surface area contributed by atoms with E-state index in [1.54, 1.807) is 12.5 Å². The normalized spacial score (nSPS) is 40.6. The van der Waals surface area contributed by atoms with Gasteiger partial charge in [0.25, 0.3) is 0 Å². The number of carbonyl (C=O) groups excluding carboxylic acids is 1. The Morgan fingerprint density at radius 1 is 1.40 bits per heavy atom. The van der Waals surface area contributed by atoms with Crippen molar-refractivity contribution in [1.29, 1.82) is 0 Å². The second-order valence-electron chi connectivity index (χ2n) is 5.73. The van der Waals surface area contributed by atoms with Crippen LogP contribution in [0, 0.1) is 17.3 Å². The lowest BCUT2D eigenvalue weighted by Crippen LogP contribution is -2.33. The van der Waals surface area contributed by atoms with Crippen molar-refractivity contribution in [3.8, 4) is 0 Å². The average Bonchev–Trinajstić information content (AvgIpc) is 2.17. The maximum Gasteiger partial charge on any atom is 0.136 e. The summed E-state index contributed by atoms with van der Waals surface area (Å²) in [6.07, 6.45) is 8.59. The summed E-state index contributed by atoms with van der Waals surface area (Å²) in [6, 6.07) is 0. The molecule has 0 unspecified atom stereocenters. The van der Waals surface area contributed by atoms with Gasteiger partial charge < -0.3 is 0 Å². The fourth-order valence-electron chi connectivity index (χ4n) is 3.42. The Bertz CT molecular complexity index is 302. The lowest BCUT2D eigenvalue weighted by Gasteiger charge is -2.44. The zero-order valence-corrected chi connectivity index (χ0v) is 10.2. The van der Waals surface area contributed by atoms with Crippen LogP contribution in [-0.4, -0.2) is 5.78 Å². The molecule has 1 heteroatoms. The molecule has 2 aliphatic carbocycles. The summed E-state index contributed by atoms with van der Waals surface area (Å²) >= 11 is 0. The first-order valence-electron chi connectivity index (χ1n) is 6.25. The summed E-state index contributed by atoms with van der Waals surface area (Å²) in [5.41, 5.74) is 2.00. The van der Waals surface area contributed by atoms with Gasteiger partial charge in [-0.2, -0.15) is 0 Å². The summed E-state index contributed by atoms with van der Waals surface area (Å²) in [5, 5.41) is 0. The second kappa shape index (κ2) is 3.77. The van der Waals surface area contributed by atoms with Crippen LogP contribution in [0.2, 0.25) is 0 Å². The number of ketones is 1. The van der Waals surface area contributed by atoms with E-state index in [9.17, 15) is 4.79 Å². The summed E-state index contributed by atoms with van der Waals surface area (Å²) < 4.78 is 0. The Hall–Kier alpha value is -0.590. The van der Waals surface area contributed by atoms with Crippen LogP contribution in [0.5, 0.6) is 0 Å². The highest BCUT2D eigenvalue weighted by molar-refractivity contribution is 5.80. The monoisotopic (exact) mass is 206 g/mol. The minimum atomic E-state index is 0.216. The summed E-state index contributed by atoms with van der Waals surface area (Å²) in [5.74, 6) is 1.27. The Morgan fingerprint density at radius 3 is 2.80 bits per heavy atom. The molecule has 0 heterocycles. The molecule has 0 aliphatic heterocycles. The first-order valence-corrected chi connectivity index (χ1v) is 6.25. The number of Topliss-reactive ketones (excluding diaryl/α,β-unsaturated/α-hetero) is 1. The van der Waals surface area contributed by atoms with Gasteiger partial charge in [0.15, 0.2) is 0 Å². The predicted molar refractivity (Wildman–Crippen MR) is 62.6 cm³/mol. The fourth-order valence-corrected chi connectivity index (χ4v) is 3.42. The molecule has 1 nitrogen and oxygen atoms in total. The number of rotatable bonds is 1. The molecule has 1 fully saturated rings. The summed E-state index contributed by atoms with van der Waals surface area (Å²) in [4.78, 5) is 11.4. The molecule has 3 atom stereocenters. The van der Waals surface area contributed by atoms with Crippen LogP contribution in [-0.2, 0) is 4.79 Å². The van der Waals surface area contributed by atoms with E-state index in [2.05, 4.69) is 19.9 Å². The fraction of sp³-hybridized carbons (Fsp3) is 0.786. The molecule has 0 spiro atoms. The Balaban J connectivity index is 2.29. The van der Waals surface area contributed by atoms with E-state index < -0.39 is 0 Å². The number of fused-ring (bicyclic) bond motifs is 1. The second-order valence-corrected chi connectivity index (χ2v) is 5.73. The average molecular weight is 206 g/mol. The van der Waals surface area contributed by atoms with Crippen molar-refractivity contribution in [2.24, 2.45) is 17.3 Å². The lowest BCUT2D eigenvalue weighted by atomic mass is 9.61. The van der Waals surface area contributed by atoms with E-state index >= 15 is 0 Å². The van der Waals surface area contributed by atoms with Crippen molar-refractivity contribution >= 4 is 5.78 Å². The van der Waals surface area contributed by atoms with E-state index in [0.717, 1.165) is 6.42 Å². The van der Waals surface area contributed by atoms with Crippen molar-refractivity contribution in [2.45, 2.75) is 52.9 Å². The lowest BCUT2D eigenvalue weighted by molar-refractivity contribution is -0.120. The van der Waals surface area contributed by atoms with E-state index in [4.69, 9.17) is 0 Å². The standard InChI is InChI=1S/C14H22O/c1-10-5-4-7-14(3)8-6-12(11(2)15)9-13(10)14/h9-10,12H,4-8H2,1-3H3/t10-,12-,14+/m1/s1. The molecule has 0 aromatic rings. The van der Waals surface area contributed by atoms with Crippen LogP contribution in [0.4, 0.5) is 0 Å². The van der Waals surface area contributed by atoms with Crippen LogP contribution < -0.4 is 0 Å². The first kappa shape index (κ1) is 10.9. The first-order chi connectivity index (χ1) is 7.03. The van der Waals surface area contributed by atoms with Crippen molar-refractivity contribution in [1.82, 2.24) is 0 Å². The van der Waals surface area contributed by atoms with Gasteiger partial charge in [-0.3, -0.25) is 4.79 Å². The quantitative estimate of drug-likeness (QED) is 0.597. The summed E-state index contributed by atoms with van der Waals surface area (Å²) in [6.45, 7) is 6.45. The number of hydrogen-bond acceptors (Lipinski definition) is 1. The van der Waals surface area contributed by atoms with Gasteiger partial charge in [-0.1, -0.05) is 31.9 Å². The SMILES string of the molecule is CC(=O)[C@H]1C=C2[C@H](C)CCC[C@@]2(C)CC1. The molecule has 2 aliphatic rings. The van der Waals surface area contributed by atoms with E-state index in [0.29, 0.717) is 17.1 Å².